The number of rotatable bonds is 6. The Bertz CT molecular complexity index is 1390. The lowest BCUT2D eigenvalue weighted by Gasteiger charge is -2.23. The van der Waals surface area contributed by atoms with Crippen molar-refractivity contribution in [3.05, 3.63) is 88.1 Å². The minimum absolute atomic E-state index is 0.0600. The predicted octanol–water partition coefficient (Wildman–Crippen LogP) is 3.83. The van der Waals surface area contributed by atoms with Gasteiger partial charge in [0.05, 0.1) is 28.8 Å². The molecule has 0 aliphatic carbocycles. The van der Waals surface area contributed by atoms with Gasteiger partial charge < -0.3 is 9.15 Å². The van der Waals surface area contributed by atoms with Crippen molar-refractivity contribution < 1.29 is 22.4 Å². The molecule has 0 saturated heterocycles. The van der Waals surface area contributed by atoms with Crippen LogP contribution in [0.15, 0.2) is 86.9 Å². The molecular formula is C22H17NO6S2. The van der Waals surface area contributed by atoms with E-state index >= 15 is 0 Å². The summed E-state index contributed by atoms with van der Waals surface area (Å²) < 4.78 is 38.3. The Kier molecular flexibility index (Phi) is 5.62. The molecule has 1 amide bonds. The standard InChI is InChI=1S/C22H17NO6S2/c1-28-17-8-10-18(11-9-17)31(26,27)23(21(24)13-15-5-3-2-4-6-15)16-7-12-19-20(14-16)30-22(25)29-19/h2-12,14H,13H2,1H3. The highest BCUT2D eigenvalue weighted by Crippen LogP contribution is 2.30. The van der Waals surface area contributed by atoms with Crippen molar-refractivity contribution in [1.82, 2.24) is 0 Å². The Morgan fingerprint density at radius 2 is 1.74 bits per heavy atom. The summed E-state index contributed by atoms with van der Waals surface area (Å²) in [6, 6.07) is 19.1. The summed E-state index contributed by atoms with van der Waals surface area (Å²) in [4.78, 5) is 24.2. The van der Waals surface area contributed by atoms with Crippen molar-refractivity contribution in [2.75, 3.05) is 11.4 Å². The fourth-order valence-corrected chi connectivity index (χ4v) is 5.22. The number of sulfonamides is 1. The van der Waals surface area contributed by atoms with Gasteiger partial charge in [0, 0.05) is 0 Å². The summed E-state index contributed by atoms with van der Waals surface area (Å²) in [7, 11) is -2.76. The van der Waals surface area contributed by atoms with E-state index in [1.165, 1.54) is 49.6 Å². The number of fused-ring (bicyclic) bond motifs is 1. The first kappa shape index (κ1) is 20.8. The van der Waals surface area contributed by atoms with Crippen LogP contribution in [0.5, 0.6) is 5.75 Å². The Labute approximate surface area is 182 Å². The molecule has 1 heterocycles. The number of hydrogen-bond donors (Lipinski definition) is 0. The third kappa shape index (κ3) is 4.23. The van der Waals surface area contributed by atoms with E-state index in [2.05, 4.69) is 0 Å². The zero-order valence-electron chi connectivity index (χ0n) is 16.3. The van der Waals surface area contributed by atoms with Gasteiger partial charge in [-0.15, -0.1) is 0 Å². The fourth-order valence-electron chi connectivity index (χ4n) is 3.10. The Morgan fingerprint density at radius 3 is 2.42 bits per heavy atom. The molecule has 0 spiro atoms. The van der Waals surface area contributed by atoms with Gasteiger partial charge in [-0.3, -0.25) is 4.79 Å². The number of hydrogen-bond acceptors (Lipinski definition) is 7. The summed E-state index contributed by atoms with van der Waals surface area (Å²) in [6.45, 7) is 0. The Morgan fingerprint density at radius 1 is 1.03 bits per heavy atom. The topological polar surface area (TPSA) is 93.9 Å². The molecule has 0 saturated carbocycles. The first-order valence-corrected chi connectivity index (χ1v) is 11.4. The van der Waals surface area contributed by atoms with E-state index in [1.54, 1.807) is 24.3 Å². The monoisotopic (exact) mass is 455 g/mol. The maximum atomic E-state index is 13.5. The Balaban J connectivity index is 1.82. The van der Waals surface area contributed by atoms with E-state index < -0.39 is 20.9 Å². The van der Waals surface area contributed by atoms with Crippen LogP contribution >= 0.6 is 11.3 Å². The highest BCUT2D eigenvalue weighted by atomic mass is 32.2. The molecule has 0 fully saturated rings. The van der Waals surface area contributed by atoms with Crippen molar-refractivity contribution >= 4 is 43.2 Å². The van der Waals surface area contributed by atoms with E-state index in [0.717, 1.165) is 15.6 Å². The van der Waals surface area contributed by atoms with Crippen LogP contribution < -0.4 is 14.0 Å². The van der Waals surface area contributed by atoms with Crippen molar-refractivity contribution in [2.45, 2.75) is 11.3 Å². The molecule has 0 atom stereocenters. The van der Waals surface area contributed by atoms with Crippen molar-refractivity contribution in [2.24, 2.45) is 0 Å². The molecular weight excluding hydrogens is 438 g/mol. The number of amides is 1. The SMILES string of the molecule is COc1ccc(S(=O)(=O)N(C(=O)Cc2ccccc2)c2ccc3oc(=O)sc3c2)cc1. The van der Waals surface area contributed by atoms with Crippen LogP contribution in [-0.4, -0.2) is 21.4 Å². The largest absolute Gasteiger partial charge is 0.497 e. The van der Waals surface area contributed by atoms with Crippen LogP contribution in [0.4, 0.5) is 5.69 Å². The molecule has 0 radical (unpaired) electrons. The van der Waals surface area contributed by atoms with E-state index in [9.17, 15) is 18.0 Å². The Hall–Kier alpha value is -3.43. The summed E-state index contributed by atoms with van der Waals surface area (Å²) >= 11 is 0.839. The average molecular weight is 456 g/mol. The molecule has 4 aromatic rings. The van der Waals surface area contributed by atoms with Crippen LogP contribution in [0.3, 0.4) is 0 Å². The molecule has 0 bridgehead atoms. The second kappa shape index (κ2) is 8.37. The molecule has 0 unspecified atom stereocenters. The normalized spacial score (nSPS) is 11.4. The average Bonchev–Trinajstić information content (AvgIpc) is 3.13. The minimum Gasteiger partial charge on any atom is -0.497 e. The molecule has 31 heavy (non-hydrogen) atoms. The number of carbonyl (C=O) groups excluding carboxylic acids is 1. The quantitative estimate of drug-likeness (QED) is 0.439. The first-order valence-electron chi connectivity index (χ1n) is 9.18. The highest BCUT2D eigenvalue weighted by Gasteiger charge is 2.31. The molecule has 158 valence electrons. The number of carbonyl (C=O) groups is 1. The zero-order valence-corrected chi connectivity index (χ0v) is 18.0. The van der Waals surface area contributed by atoms with Crippen LogP contribution in [0.2, 0.25) is 0 Å². The van der Waals surface area contributed by atoms with Crippen LogP contribution in [-0.2, 0) is 21.2 Å². The summed E-state index contributed by atoms with van der Waals surface area (Å²) in [5.74, 6) is -0.136. The maximum absolute atomic E-state index is 13.5. The zero-order chi connectivity index (χ0) is 22.0. The van der Waals surface area contributed by atoms with Gasteiger partial charge in [0.1, 0.15) is 11.3 Å². The number of benzene rings is 3. The highest BCUT2D eigenvalue weighted by molar-refractivity contribution is 7.93. The van der Waals surface area contributed by atoms with E-state index in [0.29, 0.717) is 21.6 Å². The molecule has 1 aromatic heterocycles. The number of anilines is 1. The molecule has 3 aromatic carbocycles. The molecule has 0 N–H and O–H groups in total. The predicted molar refractivity (Wildman–Crippen MR) is 118 cm³/mol. The third-order valence-corrected chi connectivity index (χ3v) is 7.12. The van der Waals surface area contributed by atoms with Gasteiger partial charge in [-0.2, -0.15) is 0 Å². The van der Waals surface area contributed by atoms with Crippen molar-refractivity contribution in [3.8, 4) is 5.75 Å². The lowest BCUT2D eigenvalue weighted by Crippen LogP contribution is -2.38. The molecule has 4 rings (SSSR count). The summed E-state index contributed by atoms with van der Waals surface area (Å²) in [5.41, 5.74) is 1.13. The van der Waals surface area contributed by atoms with Gasteiger partial charge in [-0.05, 0) is 48.0 Å². The van der Waals surface area contributed by atoms with E-state index in [1.807, 2.05) is 6.07 Å². The summed E-state index contributed by atoms with van der Waals surface area (Å²) in [5, 5.41) is 0. The van der Waals surface area contributed by atoms with Crippen molar-refractivity contribution in [3.63, 3.8) is 0 Å². The molecule has 9 heteroatoms. The van der Waals surface area contributed by atoms with Gasteiger partial charge in [0.15, 0.2) is 0 Å². The molecule has 0 aliphatic heterocycles. The van der Waals surface area contributed by atoms with Crippen LogP contribution in [0.25, 0.3) is 10.3 Å². The molecule has 7 nitrogen and oxygen atoms in total. The van der Waals surface area contributed by atoms with Gasteiger partial charge in [-0.1, -0.05) is 41.7 Å². The molecule has 0 aliphatic rings. The summed E-state index contributed by atoms with van der Waals surface area (Å²) in [6.07, 6.45) is -0.115. The van der Waals surface area contributed by atoms with E-state index in [-0.39, 0.29) is 17.0 Å². The third-order valence-electron chi connectivity index (χ3n) is 4.57. The number of methoxy groups -OCH3 is 1. The van der Waals surface area contributed by atoms with Gasteiger partial charge in [0.25, 0.3) is 10.0 Å². The van der Waals surface area contributed by atoms with Crippen molar-refractivity contribution in [1.29, 1.82) is 0 Å². The number of ether oxygens (including phenoxy) is 1. The van der Waals surface area contributed by atoms with Crippen LogP contribution in [0.1, 0.15) is 5.56 Å². The smallest absolute Gasteiger partial charge is 0.396 e. The van der Waals surface area contributed by atoms with Gasteiger partial charge in [-0.25, -0.2) is 17.5 Å². The maximum Gasteiger partial charge on any atom is 0.396 e. The van der Waals surface area contributed by atoms with Gasteiger partial charge >= 0.3 is 4.94 Å². The van der Waals surface area contributed by atoms with E-state index in [4.69, 9.17) is 9.15 Å². The van der Waals surface area contributed by atoms with Gasteiger partial charge in [0.2, 0.25) is 5.91 Å². The van der Waals surface area contributed by atoms with Crippen LogP contribution in [0, 0.1) is 0 Å². The first-order chi connectivity index (χ1) is 14.9. The lowest BCUT2D eigenvalue weighted by molar-refractivity contribution is -0.116. The minimum atomic E-state index is -4.24. The second-order valence-electron chi connectivity index (χ2n) is 6.59. The second-order valence-corrected chi connectivity index (χ2v) is 9.35. The lowest BCUT2D eigenvalue weighted by atomic mass is 10.1. The fraction of sp³-hybridized carbons (Fsp3) is 0.0909. The number of nitrogens with zero attached hydrogens (tertiary/aromatic N) is 1.